The van der Waals surface area contributed by atoms with E-state index in [0.29, 0.717) is 12.2 Å². The minimum atomic E-state index is -0.0504. The Hall–Kier alpha value is -2.36. The fourth-order valence-electron chi connectivity index (χ4n) is 2.12. The molecule has 0 aliphatic carbocycles. The van der Waals surface area contributed by atoms with Crippen molar-refractivity contribution in [3.05, 3.63) is 59.4 Å². The number of rotatable bonds is 4. The molecule has 0 spiro atoms. The molecule has 1 aromatic heterocycles. The van der Waals surface area contributed by atoms with E-state index in [0.717, 1.165) is 16.9 Å². The number of benzene rings is 1. The molecule has 0 bridgehead atoms. The summed E-state index contributed by atoms with van der Waals surface area (Å²) < 4.78 is 0. The Morgan fingerprint density at radius 1 is 1.19 bits per heavy atom. The van der Waals surface area contributed by atoms with Crippen LogP contribution in [0, 0.1) is 6.92 Å². The number of nitrogens with zero attached hydrogens (tertiary/aromatic N) is 2. The van der Waals surface area contributed by atoms with Crippen molar-refractivity contribution in [1.29, 1.82) is 0 Å². The van der Waals surface area contributed by atoms with Crippen molar-refractivity contribution in [3.63, 3.8) is 0 Å². The average molecular weight is 283 g/mol. The number of aromatic nitrogens is 1. The van der Waals surface area contributed by atoms with Gasteiger partial charge in [0.15, 0.2) is 0 Å². The van der Waals surface area contributed by atoms with Crippen LogP contribution >= 0.6 is 0 Å². The molecule has 21 heavy (non-hydrogen) atoms. The lowest BCUT2D eigenvalue weighted by molar-refractivity contribution is 0.0684. The summed E-state index contributed by atoms with van der Waals surface area (Å²) in [5.74, 6) is -0.0504. The average Bonchev–Trinajstić information content (AvgIpc) is 2.45. The number of hydrogen-bond donors (Lipinski definition) is 1. The molecule has 1 aromatic carbocycles. The summed E-state index contributed by atoms with van der Waals surface area (Å²) in [6.45, 7) is 6.44. The summed E-state index contributed by atoms with van der Waals surface area (Å²) in [4.78, 5) is 18.8. The Morgan fingerprint density at radius 3 is 2.43 bits per heavy atom. The number of carbonyl (C=O) groups is 1. The maximum atomic E-state index is 12.6. The van der Waals surface area contributed by atoms with Crippen LogP contribution in [0.4, 0.5) is 5.69 Å². The Balaban J connectivity index is 2.22. The van der Waals surface area contributed by atoms with Crippen LogP contribution in [-0.2, 0) is 6.54 Å². The smallest absolute Gasteiger partial charge is 0.272 e. The van der Waals surface area contributed by atoms with Gasteiger partial charge in [-0.25, -0.2) is 4.98 Å². The summed E-state index contributed by atoms with van der Waals surface area (Å²) >= 11 is 0. The molecule has 1 heterocycles. The molecule has 0 unspecified atom stereocenters. The van der Waals surface area contributed by atoms with Gasteiger partial charge in [0.1, 0.15) is 5.69 Å². The molecule has 110 valence electrons. The molecule has 0 aliphatic rings. The van der Waals surface area contributed by atoms with Gasteiger partial charge in [0, 0.05) is 24.0 Å². The van der Waals surface area contributed by atoms with Gasteiger partial charge in [0.25, 0.3) is 5.91 Å². The van der Waals surface area contributed by atoms with Crippen LogP contribution in [-0.4, -0.2) is 21.8 Å². The monoisotopic (exact) mass is 283 g/mol. The Morgan fingerprint density at radius 2 is 1.86 bits per heavy atom. The third kappa shape index (κ3) is 3.81. The van der Waals surface area contributed by atoms with E-state index in [2.05, 4.69) is 4.98 Å². The maximum absolute atomic E-state index is 12.6. The topological polar surface area (TPSA) is 59.2 Å². The summed E-state index contributed by atoms with van der Waals surface area (Å²) in [7, 11) is 0. The van der Waals surface area contributed by atoms with Crippen LogP contribution < -0.4 is 5.73 Å². The third-order valence-electron chi connectivity index (χ3n) is 3.32. The molecular weight excluding hydrogens is 262 g/mol. The second kappa shape index (κ2) is 6.39. The zero-order chi connectivity index (χ0) is 15.4. The minimum absolute atomic E-state index is 0.0504. The molecule has 0 saturated carbocycles. The van der Waals surface area contributed by atoms with Gasteiger partial charge in [-0.2, -0.15) is 0 Å². The van der Waals surface area contributed by atoms with Crippen molar-refractivity contribution in [2.75, 3.05) is 5.73 Å². The second-order valence-corrected chi connectivity index (χ2v) is 5.43. The highest BCUT2D eigenvalue weighted by Gasteiger charge is 2.20. The summed E-state index contributed by atoms with van der Waals surface area (Å²) in [6.07, 6.45) is 0. The Kier molecular flexibility index (Phi) is 4.58. The van der Waals surface area contributed by atoms with Crippen LogP contribution in [0.3, 0.4) is 0 Å². The van der Waals surface area contributed by atoms with E-state index in [1.807, 2.05) is 62.1 Å². The molecule has 4 heteroatoms. The van der Waals surface area contributed by atoms with Crippen molar-refractivity contribution in [2.45, 2.75) is 33.4 Å². The normalized spacial score (nSPS) is 10.7. The lowest BCUT2D eigenvalue weighted by atomic mass is 10.1. The van der Waals surface area contributed by atoms with Gasteiger partial charge in [0.2, 0.25) is 0 Å². The van der Waals surface area contributed by atoms with Crippen LogP contribution in [0.1, 0.15) is 35.6 Å². The molecule has 0 fully saturated rings. The molecule has 4 nitrogen and oxygen atoms in total. The predicted molar refractivity (Wildman–Crippen MR) is 84.8 cm³/mol. The van der Waals surface area contributed by atoms with E-state index < -0.39 is 0 Å². The number of hydrogen-bond acceptors (Lipinski definition) is 3. The Bertz CT molecular complexity index is 620. The van der Waals surface area contributed by atoms with E-state index in [-0.39, 0.29) is 11.9 Å². The van der Waals surface area contributed by atoms with Gasteiger partial charge in [-0.15, -0.1) is 0 Å². The first kappa shape index (κ1) is 15.0. The van der Waals surface area contributed by atoms with Crippen molar-refractivity contribution >= 4 is 11.6 Å². The quantitative estimate of drug-likeness (QED) is 0.877. The molecule has 2 aromatic rings. The molecule has 0 saturated heterocycles. The minimum Gasteiger partial charge on any atom is -0.399 e. The zero-order valence-corrected chi connectivity index (χ0v) is 12.7. The highest BCUT2D eigenvalue weighted by molar-refractivity contribution is 5.92. The van der Waals surface area contributed by atoms with Crippen molar-refractivity contribution in [1.82, 2.24) is 9.88 Å². The van der Waals surface area contributed by atoms with E-state index in [4.69, 9.17) is 5.73 Å². The van der Waals surface area contributed by atoms with E-state index in [1.54, 1.807) is 6.07 Å². The fraction of sp³-hybridized carbons (Fsp3) is 0.294. The molecule has 0 radical (unpaired) electrons. The number of anilines is 1. The fourth-order valence-corrected chi connectivity index (χ4v) is 2.12. The summed E-state index contributed by atoms with van der Waals surface area (Å²) in [5.41, 5.74) is 8.80. The molecule has 0 atom stereocenters. The first-order valence-corrected chi connectivity index (χ1v) is 7.06. The van der Waals surface area contributed by atoms with Gasteiger partial charge < -0.3 is 10.6 Å². The van der Waals surface area contributed by atoms with Crippen LogP contribution in [0.15, 0.2) is 42.5 Å². The number of aryl methyl sites for hydroxylation is 1. The number of carbonyl (C=O) groups excluding carboxylic acids is 1. The highest BCUT2D eigenvalue weighted by Crippen LogP contribution is 2.14. The van der Waals surface area contributed by atoms with Crippen LogP contribution in [0.25, 0.3) is 0 Å². The first-order chi connectivity index (χ1) is 9.97. The number of nitrogens with two attached hydrogens (primary N) is 1. The number of nitrogen functional groups attached to an aromatic ring is 1. The molecule has 1 amide bonds. The lowest BCUT2D eigenvalue weighted by Crippen LogP contribution is -2.36. The molecule has 0 aliphatic heterocycles. The maximum Gasteiger partial charge on any atom is 0.272 e. The van der Waals surface area contributed by atoms with E-state index >= 15 is 0 Å². The van der Waals surface area contributed by atoms with Crippen LogP contribution in [0.5, 0.6) is 0 Å². The summed E-state index contributed by atoms with van der Waals surface area (Å²) in [6, 6.07) is 13.2. The zero-order valence-electron chi connectivity index (χ0n) is 12.7. The van der Waals surface area contributed by atoms with Gasteiger partial charge in [-0.1, -0.05) is 18.2 Å². The number of pyridine rings is 1. The van der Waals surface area contributed by atoms with Gasteiger partial charge in [-0.3, -0.25) is 4.79 Å². The van der Waals surface area contributed by atoms with Crippen molar-refractivity contribution in [3.8, 4) is 0 Å². The van der Waals surface area contributed by atoms with Gasteiger partial charge >= 0.3 is 0 Å². The van der Waals surface area contributed by atoms with Gasteiger partial charge in [0.05, 0.1) is 0 Å². The Labute approximate surface area is 125 Å². The predicted octanol–water partition coefficient (Wildman–Crippen LogP) is 3.02. The molecule has 2 N–H and O–H groups in total. The largest absolute Gasteiger partial charge is 0.399 e. The van der Waals surface area contributed by atoms with Gasteiger partial charge in [-0.05, 0) is 50.6 Å². The SMILES string of the molecule is Cc1cccc(C(=O)N(Cc2ccc(N)cc2)C(C)C)n1. The first-order valence-electron chi connectivity index (χ1n) is 7.06. The molecule has 2 rings (SSSR count). The second-order valence-electron chi connectivity index (χ2n) is 5.43. The third-order valence-corrected chi connectivity index (χ3v) is 3.32. The van der Waals surface area contributed by atoms with Crippen LogP contribution in [0.2, 0.25) is 0 Å². The van der Waals surface area contributed by atoms with Crippen molar-refractivity contribution < 1.29 is 4.79 Å². The summed E-state index contributed by atoms with van der Waals surface area (Å²) in [5, 5.41) is 0. The standard InChI is InChI=1S/C17H21N3O/c1-12(2)20(11-14-7-9-15(18)10-8-14)17(21)16-6-4-5-13(3)19-16/h4-10,12H,11,18H2,1-3H3. The molecular formula is C17H21N3O. The number of amides is 1. The van der Waals surface area contributed by atoms with Crippen molar-refractivity contribution in [2.24, 2.45) is 0 Å². The van der Waals surface area contributed by atoms with E-state index in [9.17, 15) is 4.79 Å². The highest BCUT2D eigenvalue weighted by atomic mass is 16.2. The lowest BCUT2D eigenvalue weighted by Gasteiger charge is -2.26. The van der Waals surface area contributed by atoms with E-state index in [1.165, 1.54) is 0 Å².